The highest BCUT2D eigenvalue weighted by atomic mass is 16.5. The van der Waals surface area contributed by atoms with Gasteiger partial charge in [-0.2, -0.15) is 5.10 Å². The number of rotatable bonds is 12. The standard InChI is InChI=1S/C17H25N3O3.C4H4O4/c1-14(2)18-12-15(21)13-23-17-6-4-16(5-7-17)22-11-10-20-9-3-8-19-20;5-3(6)1-2-4(7)8/h3-9,14-15,18,21H,10-13H2,1-2H3;1-2H,(H,5,6)(H,7,8)/b;2-1-. The third kappa shape index (κ3) is 13.5. The predicted octanol–water partition coefficient (Wildman–Crippen LogP) is 1.41. The number of benzene rings is 1. The van der Waals surface area contributed by atoms with Crippen molar-refractivity contribution in [3.8, 4) is 11.5 Å². The number of carbonyl (C=O) groups is 2. The predicted molar refractivity (Wildman–Crippen MR) is 113 cm³/mol. The maximum absolute atomic E-state index is 9.80. The van der Waals surface area contributed by atoms with Gasteiger partial charge in [0.15, 0.2) is 0 Å². The lowest BCUT2D eigenvalue weighted by atomic mass is 10.3. The maximum atomic E-state index is 9.80. The van der Waals surface area contributed by atoms with Crippen LogP contribution in [0.15, 0.2) is 54.9 Å². The molecule has 2 rings (SSSR count). The largest absolute Gasteiger partial charge is 0.492 e. The number of aromatic nitrogens is 2. The number of aliphatic hydroxyl groups excluding tert-OH is 1. The molecule has 0 aliphatic rings. The van der Waals surface area contributed by atoms with Gasteiger partial charge < -0.3 is 30.1 Å². The fraction of sp³-hybridized carbons (Fsp3) is 0.381. The molecule has 0 amide bonds. The number of nitrogens with one attached hydrogen (secondary N) is 1. The van der Waals surface area contributed by atoms with Crippen LogP contribution in [0.3, 0.4) is 0 Å². The second-order valence-electron chi connectivity index (χ2n) is 6.63. The minimum atomic E-state index is -1.26. The van der Waals surface area contributed by atoms with Gasteiger partial charge in [-0.1, -0.05) is 13.8 Å². The van der Waals surface area contributed by atoms with Gasteiger partial charge in [-0.15, -0.1) is 0 Å². The average molecular weight is 435 g/mol. The number of carboxylic acids is 2. The van der Waals surface area contributed by atoms with Gasteiger partial charge in [0.1, 0.15) is 30.8 Å². The minimum Gasteiger partial charge on any atom is -0.492 e. The van der Waals surface area contributed by atoms with Crippen LogP contribution in [-0.2, 0) is 16.1 Å². The SMILES string of the molecule is CC(C)NCC(O)COc1ccc(OCCn2cccn2)cc1.O=C(O)/C=C\C(=O)O. The number of carboxylic acid groups (broad SMARTS) is 2. The van der Waals surface area contributed by atoms with Crippen LogP contribution < -0.4 is 14.8 Å². The minimum absolute atomic E-state index is 0.263. The van der Waals surface area contributed by atoms with Crippen LogP contribution in [0, 0.1) is 0 Å². The summed E-state index contributed by atoms with van der Waals surface area (Å²) in [6, 6.07) is 9.63. The molecule has 4 N–H and O–H groups in total. The van der Waals surface area contributed by atoms with Crippen molar-refractivity contribution in [2.24, 2.45) is 0 Å². The molecule has 1 atom stereocenters. The topological polar surface area (TPSA) is 143 Å². The van der Waals surface area contributed by atoms with E-state index in [2.05, 4.69) is 10.4 Å². The normalized spacial score (nSPS) is 11.6. The molecule has 0 aliphatic carbocycles. The zero-order valence-electron chi connectivity index (χ0n) is 17.5. The van der Waals surface area contributed by atoms with Crippen molar-refractivity contribution < 1.29 is 34.4 Å². The van der Waals surface area contributed by atoms with Gasteiger partial charge >= 0.3 is 11.9 Å². The van der Waals surface area contributed by atoms with Crippen LogP contribution in [0.4, 0.5) is 0 Å². The summed E-state index contributed by atoms with van der Waals surface area (Å²) in [6.45, 7) is 6.13. The fourth-order valence-corrected chi connectivity index (χ4v) is 2.09. The summed E-state index contributed by atoms with van der Waals surface area (Å²) in [5, 5.41) is 32.7. The molecule has 0 spiro atoms. The monoisotopic (exact) mass is 435 g/mol. The molecule has 0 saturated carbocycles. The molecule has 1 heterocycles. The first-order valence-corrected chi connectivity index (χ1v) is 9.64. The van der Waals surface area contributed by atoms with Crippen LogP contribution in [-0.4, -0.2) is 68.9 Å². The lowest BCUT2D eigenvalue weighted by molar-refractivity contribution is -0.134. The van der Waals surface area contributed by atoms with E-state index in [1.165, 1.54) is 0 Å². The van der Waals surface area contributed by atoms with Gasteiger partial charge in [0.05, 0.1) is 6.54 Å². The molecule has 10 heteroatoms. The van der Waals surface area contributed by atoms with Gasteiger partial charge in [-0.3, -0.25) is 4.68 Å². The highest BCUT2D eigenvalue weighted by Gasteiger charge is 2.06. The third-order valence-corrected chi connectivity index (χ3v) is 3.54. The molecule has 2 aromatic rings. The molecule has 0 bridgehead atoms. The van der Waals surface area contributed by atoms with Crippen molar-refractivity contribution in [2.75, 3.05) is 19.8 Å². The van der Waals surface area contributed by atoms with Crippen molar-refractivity contribution >= 4 is 11.9 Å². The van der Waals surface area contributed by atoms with Gasteiger partial charge in [0.25, 0.3) is 0 Å². The molecule has 10 nitrogen and oxygen atoms in total. The number of aliphatic hydroxyl groups is 1. The molecule has 0 radical (unpaired) electrons. The second kappa shape index (κ2) is 14.6. The number of aliphatic carboxylic acids is 2. The molecule has 0 fully saturated rings. The summed E-state index contributed by atoms with van der Waals surface area (Å²) < 4.78 is 13.0. The molecule has 31 heavy (non-hydrogen) atoms. The van der Waals surface area contributed by atoms with Gasteiger partial charge in [-0.25, -0.2) is 9.59 Å². The number of ether oxygens (including phenoxy) is 2. The van der Waals surface area contributed by atoms with Crippen LogP contribution in [0.5, 0.6) is 11.5 Å². The highest BCUT2D eigenvalue weighted by Crippen LogP contribution is 2.17. The van der Waals surface area contributed by atoms with Crippen molar-refractivity contribution in [3.63, 3.8) is 0 Å². The Morgan fingerprint density at radius 3 is 2.16 bits per heavy atom. The lowest BCUT2D eigenvalue weighted by Gasteiger charge is -2.15. The lowest BCUT2D eigenvalue weighted by Crippen LogP contribution is -2.35. The fourth-order valence-electron chi connectivity index (χ4n) is 2.09. The van der Waals surface area contributed by atoms with Crippen LogP contribution in [0.1, 0.15) is 13.8 Å². The van der Waals surface area contributed by atoms with Gasteiger partial charge in [0.2, 0.25) is 0 Å². The molecule has 0 saturated heterocycles. The third-order valence-electron chi connectivity index (χ3n) is 3.54. The Morgan fingerprint density at radius 2 is 1.68 bits per heavy atom. The quantitative estimate of drug-likeness (QED) is 0.364. The first-order valence-electron chi connectivity index (χ1n) is 9.64. The molecular formula is C21H29N3O7. The van der Waals surface area contributed by atoms with E-state index in [0.717, 1.165) is 5.75 Å². The van der Waals surface area contributed by atoms with Gasteiger partial charge in [0, 0.05) is 37.1 Å². The summed E-state index contributed by atoms with van der Waals surface area (Å²) in [4.78, 5) is 19.1. The molecule has 170 valence electrons. The molecule has 0 aliphatic heterocycles. The first-order chi connectivity index (χ1) is 14.8. The first kappa shape index (κ1) is 25.7. The van der Waals surface area contributed by atoms with E-state index in [9.17, 15) is 14.7 Å². The Balaban J connectivity index is 0.000000512. The number of nitrogens with zero attached hydrogens (tertiary/aromatic N) is 2. The van der Waals surface area contributed by atoms with E-state index in [0.29, 0.717) is 43.6 Å². The van der Waals surface area contributed by atoms with E-state index >= 15 is 0 Å². The number of hydrogen-bond acceptors (Lipinski definition) is 7. The Kier molecular flexibility index (Phi) is 12.1. The van der Waals surface area contributed by atoms with Crippen LogP contribution in [0.25, 0.3) is 0 Å². The maximum Gasteiger partial charge on any atom is 0.328 e. The summed E-state index contributed by atoms with van der Waals surface area (Å²) in [5.41, 5.74) is 0. The van der Waals surface area contributed by atoms with Crippen LogP contribution in [0.2, 0.25) is 0 Å². The summed E-state index contributed by atoms with van der Waals surface area (Å²) in [7, 11) is 0. The Bertz CT molecular complexity index is 774. The second-order valence-corrected chi connectivity index (χ2v) is 6.63. The van der Waals surface area contributed by atoms with Crippen LogP contribution >= 0.6 is 0 Å². The molecular weight excluding hydrogens is 406 g/mol. The van der Waals surface area contributed by atoms with E-state index in [-0.39, 0.29) is 6.61 Å². The zero-order chi connectivity index (χ0) is 23.1. The Hall–Kier alpha value is -3.37. The molecule has 1 aromatic carbocycles. The van der Waals surface area contributed by atoms with Crippen molar-refractivity contribution in [2.45, 2.75) is 32.5 Å². The van der Waals surface area contributed by atoms with E-state index in [1.807, 2.05) is 55.1 Å². The summed E-state index contributed by atoms with van der Waals surface area (Å²) >= 11 is 0. The van der Waals surface area contributed by atoms with E-state index in [1.54, 1.807) is 6.20 Å². The summed E-state index contributed by atoms with van der Waals surface area (Å²) in [5.74, 6) is -1.01. The zero-order valence-corrected chi connectivity index (χ0v) is 17.5. The molecule has 1 unspecified atom stereocenters. The van der Waals surface area contributed by atoms with Gasteiger partial charge in [-0.05, 0) is 30.3 Å². The van der Waals surface area contributed by atoms with E-state index in [4.69, 9.17) is 19.7 Å². The average Bonchev–Trinajstić information content (AvgIpc) is 3.24. The van der Waals surface area contributed by atoms with E-state index < -0.39 is 18.0 Å². The van der Waals surface area contributed by atoms with Crippen molar-refractivity contribution in [3.05, 3.63) is 54.9 Å². The Morgan fingerprint density at radius 1 is 1.10 bits per heavy atom. The highest BCUT2D eigenvalue weighted by molar-refractivity contribution is 5.89. The molecule has 1 aromatic heterocycles. The van der Waals surface area contributed by atoms with Crippen molar-refractivity contribution in [1.82, 2.24) is 15.1 Å². The van der Waals surface area contributed by atoms with Crippen molar-refractivity contribution in [1.29, 1.82) is 0 Å². The smallest absolute Gasteiger partial charge is 0.328 e. The Labute approximate surface area is 180 Å². The number of hydrogen-bond donors (Lipinski definition) is 4. The summed E-state index contributed by atoms with van der Waals surface area (Å²) in [6.07, 6.45) is 4.24.